The molecule has 1 aromatic carbocycles. The highest BCUT2D eigenvalue weighted by Crippen LogP contribution is 2.34. The Hall–Kier alpha value is -2.17. The number of nitro benzene ring substituents is 1. The van der Waals surface area contributed by atoms with Crippen LogP contribution in [-0.2, 0) is 7.05 Å². The minimum Gasteiger partial charge on any atom is -0.352 e. The first kappa shape index (κ1) is 21.1. The second kappa shape index (κ2) is 9.67. The maximum absolute atomic E-state index is 12.4. The van der Waals surface area contributed by atoms with Gasteiger partial charge in [0.15, 0.2) is 5.16 Å². The molecular formula is C16H21ClN6O3S. The zero-order valence-electron chi connectivity index (χ0n) is 14.8. The highest BCUT2D eigenvalue weighted by Gasteiger charge is 2.21. The lowest BCUT2D eigenvalue weighted by Gasteiger charge is -2.22. The smallest absolute Gasteiger partial charge is 0.284 e. The van der Waals surface area contributed by atoms with E-state index < -0.39 is 4.92 Å². The van der Waals surface area contributed by atoms with Gasteiger partial charge in [0.2, 0.25) is 0 Å². The lowest BCUT2D eigenvalue weighted by Crippen LogP contribution is -2.38. The first-order chi connectivity index (χ1) is 12.5. The van der Waals surface area contributed by atoms with Crippen molar-refractivity contribution in [2.24, 2.45) is 13.0 Å². The number of carbonyl (C=O) groups is 1. The van der Waals surface area contributed by atoms with Crippen LogP contribution in [0, 0.1) is 16.0 Å². The lowest BCUT2D eigenvalue weighted by atomic mass is 9.99. The highest BCUT2D eigenvalue weighted by molar-refractivity contribution is 7.99. The third kappa shape index (κ3) is 5.41. The molecule has 1 aliphatic heterocycles. The van der Waals surface area contributed by atoms with Crippen molar-refractivity contribution < 1.29 is 9.72 Å². The van der Waals surface area contributed by atoms with Crippen LogP contribution in [0.1, 0.15) is 23.2 Å². The molecule has 2 heterocycles. The lowest BCUT2D eigenvalue weighted by molar-refractivity contribution is -0.387. The molecule has 9 nitrogen and oxygen atoms in total. The number of rotatable bonds is 6. The average Bonchev–Trinajstić information content (AvgIpc) is 3.05. The Labute approximate surface area is 166 Å². The minimum atomic E-state index is -0.486. The quantitative estimate of drug-likeness (QED) is 0.550. The third-order valence-electron chi connectivity index (χ3n) is 4.24. The second-order valence-electron chi connectivity index (χ2n) is 6.19. The van der Waals surface area contributed by atoms with Gasteiger partial charge in [0, 0.05) is 25.2 Å². The number of nitrogens with zero attached hydrogens (tertiary/aromatic N) is 4. The summed E-state index contributed by atoms with van der Waals surface area (Å²) in [5.41, 5.74) is 0.160. The number of amides is 1. The molecule has 1 atom stereocenters. The second-order valence-corrected chi connectivity index (χ2v) is 7.20. The molecule has 0 saturated carbocycles. The molecule has 0 bridgehead atoms. The van der Waals surface area contributed by atoms with Crippen LogP contribution in [0.25, 0.3) is 0 Å². The van der Waals surface area contributed by atoms with Gasteiger partial charge in [-0.15, -0.1) is 22.6 Å². The number of halogens is 1. The summed E-state index contributed by atoms with van der Waals surface area (Å²) in [4.78, 5) is 23.7. The summed E-state index contributed by atoms with van der Waals surface area (Å²) in [6, 6.07) is 4.49. The summed E-state index contributed by atoms with van der Waals surface area (Å²) in [5.74, 6) is 0.0994. The Kier molecular flexibility index (Phi) is 7.57. The molecule has 2 N–H and O–H groups in total. The van der Waals surface area contributed by atoms with Gasteiger partial charge in [-0.1, -0.05) is 0 Å². The molecule has 1 amide bonds. The van der Waals surface area contributed by atoms with Crippen molar-refractivity contribution in [3.05, 3.63) is 40.2 Å². The van der Waals surface area contributed by atoms with Crippen LogP contribution in [0.15, 0.2) is 34.6 Å². The standard InChI is InChI=1S/C16H20N6O3S.ClH/c1-21-10-19-20-16(21)26-14-5-4-12(7-13(14)22(24)25)15(23)18-9-11-3-2-6-17-8-11;/h4-5,7,10-11,17H,2-3,6,8-9H2,1H3,(H,18,23);1H. The van der Waals surface area contributed by atoms with Crippen LogP contribution in [0.4, 0.5) is 5.69 Å². The van der Waals surface area contributed by atoms with E-state index >= 15 is 0 Å². The van der Waals surface area contributed by atoms with Crippen molar-refractivity contribution in [3.8, 4) is 0 Å². The number of hydrogen-bond acceptors (Lipinski definition) is 7. The van der Waals surface area contributed by atoms with Crippen molar-refractivity contribution in [2.45, 2.75) is 22.9 Å². The molecule has 1 saturated heterocycles. The number of piperidine rings is 1. The number of nitrogens with one attached hydrogen (secondary N) is 2. The largest absolute Gasteiger partial charge is 0.352 e. The van der Waals surface area contributed by atoms with Gasteiger partial charge in [0.05, 0.1) is 9.82 Å². The van der Waals surface area contributed by atoms with Crippen LogP contribution < -0.4 is 10.6 Å². The van der Waals surface area contributed by atoms with Gasteiger partial charge in [-0.05, 0) is 55.7 Å². The van der Waals surface area contributed by atoms with Gasteiger partial charge in [0.25, 0.3) is 11.6 Å². The molecule has 1 fully saturated rings. The number of benzene rings is 1. The van der Waals surface area contributed by atoms with E-state index in [0.717, 1.165) is 37.7 Å². The SMILES string of the molecule is Cl.Cn1cnnc1Sc1ccc(C(=O)NCC2CCCNC2)cc1[N+](=O)[O-]. The molecule has 0 spiro atoms. The Morgan fingerprint density at radius 1 is 1.52 bits per heavy atom. The zero-order chi connectivity index (χ0) is 18.5. The molecule has 3 rings (SSSR count). The van der Waals surface area contributed by atoms with Crippen molar-refractivity contribution >= 4 is 35.8 Å². The molecular weight excluding hydrogens is 392 g/mol. The van der Waals surface area contributed by atoms with Crippen LogP contribution in [0.5, 0.6) is 0 Å². The topological polar surface area (TPSA) is 115 Å². The molecule has 2 aromatic rings. The van der Waals surface area contributed by atoms with Crippen LogP contribution in [-0.4, -0.2) is 45.2 Å². The molecule has 1 aliphatic rings. The fourth-order valence-corrected chi connectivity index (χ4v) is 3.64. The van der Waals surface area contributed by atoms with E-state index in [-0.39, 0.29) is 29.6 Å². The Morgan fingerprint density at radius 2 is 2.33 bits per heavy atom. The Bertz CT molecular complexity index is 809. The Morgan fingerprint density at radius 3 is 2.96 bits per heavy atom. The number of nitro groups is 1. The van der Waals surface area contributed by atoms with Gasteiger partial charge in [-0.2, -0.15) is 0 Å². The van der Waals surface area contributed by atoms with Crippen molar-refractivity contribution in [1.29, 1.82) is 0 Å². The molecule has 11 heteroatoms. The molecule has 1 aromatic heterocycles. The number of carbonyl (C=O) groups excluding carboxylic acids is 1. The average molecular weight is 413 g/mol. The van der Waals surface area contributed by atoms with Gasteiger partial charge >= 0.3 is 0 Å². The van der Waals surface area contributed by atoms with Crippen LogP contribution >= 0.6 is 24.2 Å². The molecule has 0 aliphatic carbocycles. The van der Waals surface area contributed by atoms with E-state index in [9.17, 15) is 14.9 Å². The number of aromatic nitrogens is 3. The van der Waals surface area contributed by atoms with Gasteiger partial charge in [-0.3, -0.25) is 14.9 Å². The first-order valence-corrected chi connectivity index (χ1v) is 9.15. The minimum absolute atomic E-state index is 0. The van der Waals surface area contributed by atoms with Crippen molar-refractivity contribution in [3.63, 3.8) is 0 Å². The number of aryl methyl sites for hydroxylation is 1. The molecule has 0 radical (unpaired) electrons. The van der Waals surface area contributed by atoms with E-state index in [0.29, 0.717) is 22.5 Å². The number of hydrogen-bond donors (Lipinski definition) is 2. The summed E-state index contributed by atoms with van der Waals surface area (Å²) in [6.45, 7) is 2.46. The van der Waals surface area contributed by atoms with Crippen LogP contribution in [0.3, 0.4) is 0 Å². The summed E-state index contributed by atoms with van der Waals surface area (Å²) in [6.07, 6.45) is 3.69. The fraction of sp³-hybridized carbons (Fsp3) is 0.438. The van der Waals surface area contributed by atoms with Gasteiger partial charge in [-0.25, -0.2) is 0 Å². The van der Waals surface area contributed by atoms with Crippen molar-refractivity contribution in [1.82, 2.24) is 25.4 Å². The summed E-state index contributed by atoms with van der Waals surface area (Å²) < 4.78 is 1.67. The molecule has 146 valence electrons. The summed E-state index contributed by atoms with van der Waals surface area (Å²) in [5, 5.41) is 25.8. The maximum Gasteiger partial charge on any atom is 0.284 e. The van der Waals surface area contributed by atoms with E-state index in [1.165, 1.54) is 12.4 Å². The van der Waals surface area contributed by atoms with E-state index in [4.69, 9.17) is 0 Å². The normalized spacial score (nSPS) is 16.4. The van der Waals surface area contributed by atoms with E-state index in [1.54, 1.807) is 23.7 Å². The Balaban J connectivity index is 0.00000261. The van der Waals surface area contributed by atoms with Gasteiger partial charge < -0.3 is 15.2 Å². The summed E-state index contributed by atoms with van der Waals surface area (Å²) in [7, 11) is 1.76. The zero-order valence-corrected chi connectivity index (χ0v) is 16.4. The summed E-state index contributed by atoms with van der Waals surface area (Å²) >= 11 is 1.14. The maximum atomic E-state index is 12.4. The van der Waals surface area contributed by atoms with E-state index in [1.807, 2.05) is 0 Å². The first-order valence-electron chi connectivity index (χ1n) is 8.34. The van der Waals surface area contributed by atoms with E-state index in [2.05, 4.69) is 20.8 Å². The molecule has 27 heavy (non-hydrogen) atoms. The predicted octanol–water partition coefficient (Wildman–Crippen LogP) is 2.03. The fourth-order valence-electron chi connectivity index (χ4n) is 2.79. The van der Waals surface area contributed by atoms with Crippen LogP contribution in [0.2, 0.25) is 0 Å². The highest BCUT2D eigenvalue weighted by atomic mass is 35.5. The predicted molar refractivity (Wildman–Crippen MR) is 103 cm³/mol. The third-order valence-corrected chi connectivity index (χ3v) is 5.36. The molecule has 1 unspecified atom stereocenters. The van der Waals surface area contributed by atoms with Gasteiger partial charge in [0.1, 0.15) is 6.33 Å². The monoisotopic (exact) mass is 412 g/mol. The van der Waals surface area contributed by atoms with Crippen molar-refractivity contribution in [2.75, 3.05) is 19.6 Å².